The van der Waals surface area contributed by atoms with Gasteiger partial charge in [0.1, 0.15) is 5.82 Å². The average Bonchev–Trinajstić information content (AvgIpc) is 2.14. The molecule has 0 radical (unpaired) electrons. The van der Waals surface area contributed by atoms with Crippen LogP contribution < -0.4 is 11.1 Å². The standard InChI is InChI=1S/C11H16FIN2/c1-4-11(2,3)15-10-5-7(12)8(13)6-9(10)14/h5-6,15H,4,14H2,1-3H3. The predicted octanol–water partition coefficient (Wildman–Crippen LogP) is 3.61. The van der Waals surface area contributed by atoms with E-state index >= 15 is 0 Å². The molecule has 0 saturated carbocycles. The molecule has 1 aromatic carbocycles. The van der Waals surface area contributed by atoms with Crippen molar-refractivity contribution in [1.82, 2.24) is 0 Å². The van der Waals surface area contributed by atoms with Crippen molar-refractivity contribution in [2.24, 2.45) is 0 Å². The van der Waals surface area contributed by atoms with Crippen LogP contribution in [0.5, 0.6) is 0 Å². The van der Waals surface area contributed by atoms with E-state index in [4.69, 9.17) is 5.73 Å². The second-order valence-electron chi connectivity index (χ2n) is 4.22. The number of nitrogens with two attached hydrogens (primary N) is 1. The lowest BCUT2D eigenvalue weighted by Crippen LogP contribution is -2.30. The Morgan fingerprint density at radius 1 is 1.47 bits per heavy atom. The number of hydrogen-bond donors (Lipinski definition) is 2. The molecule has 15 heavy (non-hydrogen) atoms. The zero-order valence-corrected chi connectivity index (χ0v) is 11.4. The SMILES string of the molecule is CCC(C)(C)Nc1cc(F)c(I)cc1N. The smallest absolute Gasteiger partial charge is 0.138 e. The van der Waals surface area contributed by atoms with Crippen LogP contribution in [0.25, 0.3) is 0 Å². The highest BCUT2D eigenvalue weighted by molar-refractivity contribution is 14.1. The molecule has 4 heteroatoms. The third-order valence-corrected chi connectivity index (χ3v) is 3.28. The monoisotopic (exact) mass is 322 g/mol. The van der Waals surface area contributed by atoms with E-state index in [0.717, 1.165) is 6.42 Å². The second kappa shape index (κ2) is 4.55. The summed E-state index contributed by atoms with van der Waals surface area (Å²) in [6.07, 6.45) is 0.944. The van der Waals surface area contributed by atoms with Gasteiger partial charge in [-0.15, -0.1) is 0 Å². The molecule has 0 atom stereocenters. The Bertz CT molecular complexity index is 364. The van der Waals surface area contributed by atoms with Crippen molar-refractivity contribution in [2.75, 3.05) is 11.1 Å². The summed E-state index contributed by atoms with van der Waals surface area (Å²) in [6.45, 7) is 6.19. The number of nitrogens with one attached hydrogen (secondary N) is 1. The molecule has 84 valence electrons. The summed E-state index contributed by atoms with van der Waals surface area (Å²) < 4.78 is 13.9. The maximum absolute atomic E-state index is 13.3. The average molecular weight is 322 g/mol. The van der Waals surface area contributed by atoms with E-state index in [0.29, 0.717) is 14.9 Å². The Balaban J connectivity index is 3.01. The number of benzene rings is 1. The second-order valence-corrected chi connectivity index (χ2v) is 5.38. The fourth-order valence-electron chi connectivity index (χ4n) is 1.12. The van der Waals surface area contributed by atoms with Gasteiger partial charge in [0, 0.05) is 11.6 Å². The minimum atomic E-state index is -0.237. The van der Waals surface area contributed by atoms with E-state index in [9.17, 15) is 4.39 Å². The minimum absolute atomic E-state index is 0.0760. The Kier molecular flexibility index (Phi) is 3.81. The molecule has 3 N–H and O–H groups in total. The Labute approximate surface area is 104 Å². The molecule has 2 nitrogen and oxygen atoms in total. The van der Waals surface area contributed by atoms with Gasteiger partial charge in [0.05, 0.1) is 14.9 Å². The minimum Gasteiger partial charge on any atom is -0.397 e. The first-order valence-corrected chi connectivity index (χ1v) is 5.96. The van der Waals surface area contributed by atoms with Crippen LogP contribution in [0.2, 0.25) is 0 Å². The largest absolute Gasteiger partial charge is 0.397 e. The van der Waals surface area contributed by atoms with Gasteiger partial charge in [-0.05, 0) is 48.9 Å². The molecule has 0 aromatic heterocycles. The quantitative estimate of drug-likeness (QED) is 0.659. The molecule has 0 saturated heterocycles. The van der Waals surface area contributed by atoms with Crippen molar-refractivity contribution in [3.05, 3.63) is 21.5 Å². The Morgan fingerprint density at radius 2 is 2.07 bits per heavy atom. The molecule has 0 aliphatic rings. The van der Waals surface area contributed by atoms with Gasteiger partial charge in [0.15, 0.2) is 0 Å². The number of anilines is 2. The molecule has 0 spiro atoms. The van der Waals surface area contributed by atoms with E-state index in [1.165, 1.54) is 6.07 Å². The van der Waals surface area contributed by atoms with Gasteiger partial charge in [0.25, 0.3) is 0 Å². The van der Waals surface area contributed by atoms with Crippen LogP contribution in [0.3, 0.4) is 0 Å². The maximum Gasteiger partial charge on any atom is 0.138 e. The van der Waals surface area contributed by atoms with Crippen LogP contribution in [0.15, 0.2) is 12.1 Å². The molecule has 0 aliphatic heterocycles. The van der Waals surface area contributed by atoms with Crippen molar-refractivity contribution in [3.8, 4) is 0 Å². The lowest BCUT2D eigenvalue weighted by Gasteiger charge is -2.26. The van der Waals surface area contributed by atoms with Crippen molar-refractivity contribution >= 4 is 34.0 Å². The third kappa shape index (κ3) is 3.22. The molecule has 0 heterocycles. The van der Waals surface area contributed by atoms with Crippen LogP contribution in [-0.2, 0) is 0 Å². The summed E-state index contributed by atoms with van der Waals surface area (Å²) >= 11 is 1.93. The highest BCUT2D eigenvalue weighted by Crippen LogP contribution is 2.27. The van der Waals surface area contributed by atoms with Gasteiger partial charge < -0.3 is 11.1 Å². The van der Waals surface area contributed by atoms with Gasteiger partial charge in [-0.25, -0.2) is 4.39 Å². The number of halogens is 2. The molecule has 0 unspecified atom stereocenters. The fraction of sp³-hybridized carbons (Fsp3) is 0.455. The summed E-state index contributed by atoms with van der Waals surface area (Å²) in [5.74, 6) is -0.237. The first-order chi connectivity index (χ1) is 6.85. The van der Waals surface area contributed by atoms with Crippen molar-refractivity contribution in [1.29, 1.82) is 0 Å². The number of nitrogen functional groups attached to an aromatic ring is 1. The Hall–Kier alpha value is -0.520. The maximum atomic E-state index is 13.3. The molecule has 0 aliphatic carbocycles. The molecular formula is C11H16FIN2. The molecule has 0 amide bonds. The lowest BCUT2D eigenvalue weighted by atomic mass is 10.0. The van der Waals surface area contributed by atoms with Crippen molar-refractivity contribution < 1.29 is 4.39 Å². The summed E-state index contributed by atoms with van der Waals surface area (Å²) in [5, 5.41) is 3.24. The molecule has 1 aromatic rings. The van der Waals surface area contributed by atoms with E-state index in [1.807, 2.05) is 22.6 Å². The summed E-state index contributed by atoms with van der Waals surface area (Å²) in [5.41, 5.74) is 6.99. The van der Waals surface area contributed by atoms with E-state index in [-0.39, 0.29) is 11.4 Å². The lowest BCUT2D eigenvalue weighted by molar-refractivity contribution is 0.546. The zero-order valence-electron chi connectivity index (χ0n) is 9.20. The number of rotatable bonds is 3. The van der Waals surface area contributed by atoms with Crippen molar-refractivity contribution in [2.45, 2.75) is 32.7 Å². The van der Waals surface area contributed by atoms with Gasteiger partial charge in [-0.3, -0.25) is 0 Å². The van der Waals surface area contributed by atoms with Gasteiger partial charge in [-0.2, -0.15) is 0 Å². The first-order valence-electron chi connectivity index (χ1n) is 4.88. The Morgan fingerprint density at radius 3 is 2.60 bits per heavy atom. The van der Waals surface area contributed by atoms with Gasteiger partial charge in [-0.1, -0.05) is 6.92 Å². The number of hydrogen-bond acceptors (Lipinski definition) is 2. The van der Waals surface area contributed by atoms with Crippen LogP contribution >= 0.6 is 22.6 Å². The highest BCUT2D eigenvalue weighted by Gasteiger charge is 2.16. The van der Waals surface area contributed by atoms with E-state index in [2.05, 4.69) is 26.1 Å². The predicted molar refractivity (Wildman–Crippen MR) is 71.5 cm³/mol. The first kappa shape index (κ1) is 12.5. The molecule has 0 bridgehead atoms. The normalized spacial score (nSPS) is 11.5. The zero-order chi connectivity index (χ0) is 11.6. The third-order valence-electron chi connectivity index (χ3n) is 2.45. The summed E-state index contributed by atoms with van der Waals surface area (Å²) in [7, 11) is 0. The van der Waals surface area contributed by atoms with Crippen LogP contribution in [-0.4, -0.2) is 5.54 Å². The van der Waals surface area contributed by atoms with Crippen LogP contribution in [0.4, 0.5) is 15.8 Å². The summed E-state index contributed by atoms with van der Waals surface area (Å²) in [4.78, 5) is 0. The fourth-order valence-corrected chi connectivity index (χ4v) is 1.61. The molecule has 1 rings (SSSR count). The molecule has 0 fully saturated rings. The molecular weight excluding hydrogens is 306 g/mol. The van der Waals surface area contributed by atoms with Gasteiger partial charge >= 0.3 is 0 Å². The van der Waals surface area contributed by atoms with E-state index in [1.54, 1.807) is 6.07 Å². The van der Waals surface area contributed by atoms with Crippen LogP contribution in [0, 0.1) is 9.39 Å². The van der Waals surface area contributed by atoms with Crippen LogP contribution in [0.1, 0.15) is 27.2 Å². The van der Waals surface area contributed by atoms with E-state index < -0.39 is 0 Å². The topological polar surface area (TPSA) is 38.0 Å². The summed E-state index contributed by atoms with van der Waals surface area (Å²) in [6, 6.07) is 3.10. The van der Waals surface area contributed by atoms with Crippen molar-refractivity contribution in [3.63, 3.8) is 0 Å². The highest BCUT2D eigenvalue weighted by atomic mass is 127. The van der Waals surface area contributed by atoms with Gasteiger partial charge in [0.2, 0.25) is 0 Å².